The monoisotopic (exact) mass is 620 g/mol. The second-order valence-electron chi connectivity index (χ2n) is 11.7. The minimum absolute atomic E-state index is 0.164. The van der Waals surface area contributed by atoms with E-state index in [1.807, 2.05) is 40.7 Å². The average Bonchev–Trinajstić information content (AvgIpc) is 3.45. The smallest absolute Gasteiger partial charge is 0.259 e. The summed E-state index contributed by atoms with van der Waals surface area (Å²) in [6.45, 7) is 15.4. The minimum atomic E-state index is -0.413. The first-order chi connectivity index (χ1) is 20.9. The van der Waals surface area contributed by atoms with Gasteiger partial charge in [0.25, 0.3) is 11.8 Å². The van der Waals surface area contributed by atoms with Crippen LogP contribution in [0.3, 0.4) is 0 Å². The van der Waals surface area contributed by atoms with Gasteiger partial charge in [-0.2, -0.15) is 5.10 Å². The Labute approximate surface area is 264 Å². The van der Waals surface area contributed by atoms with E-state index >= 15 is 0 Å². The molecule has 2 amide bonds. The van der Waals surface area contributed by atoms with Crippen LogP contribution in [0.15, 0.2) is 67.1 Å². The standard InChI is InChI=1S/C27H32ClFN4O2.C7H10N2/c1-6-14-32(15-7-2)26(35)21-16-20(12-13-23(21)28)31-25(34)22-17-30-33(27(3,4)5)24(22)18-8-10-19(29)11-9-18;1-6(2)7-8-4-3-5-9-7/h8-13,16-17H,6-7,14-15H2,1-5H3,(H,31,34);3-6H,1-2H3. The highest BCUT2D eigenvalue weighted by molar-refractivity contribution is 6.34. The van der Waals surface area contributed by atoms with Crippen LogP contribution >= 0.6 is 11.6 Å². The molecule has 0 aliphatic heterocycles. The van der Waals surface area contributed by atoms with Gasteiger partial charge < -0.3 is 10.2 Å². The first-order valence-corrected chi connectivity index (χ1v) is 15.3. The number of carbonyl (C=O) groups excluding carboxylic acids is 2. The van der Waals surface area contributed by atoms with Crippen molar-refractivity contribution in [2.24, 2.45) is 0 Å². The third kappa shape index (κ3) is 8.95. The molecule has 10 heteroatoms. The van der Waals surface area contributed by atoms with Crippen LogP contribution in [0.1, 0.15) is 93.8 Å². The molecule has 1 N–H and O–H groups in total. The van der Waals surface area contributed by atoms with Gasteiger partial charge in [-0.3, -0.25) is 14.3 Å². The highest BCUT2D eigenvalue weighted by Gasteiger charge is 2.26. The number of amides is 2. The van der Waals surface area contributed by atoms with Gasteiger partial charge in [0.2, 0.25) is 0 Å². The zero-order chi connectivity index (χ0) is 32.4. The number of anilines is 1. The molecule has 0 unspecified atom stereocenters. The van der Waals surface area contributed by atoms with Crippen molar-refractivity contribution in [3.8, 4) is 11.3 Å². The van der Waals surface area contributed by atoms with Crippen LogP contribution in [0.2, 0.25) is 5.02 Å². The zero-order valence-electron chi connectivity index (χ0n) is 26.6. The topological polar surface area (TPSA) is 93.0 Å². The Hall–Kier alpha value is -4.11. The molecular weight excluding hydrogens is 579 g/mol. The number of aromatic nitrogens is 4. The summed E-state index contributed by atoms with van der Waals surface area (Å²) in [5.74, 6) is 0.436. The molecule has 0 radical (unpaired) electrons. The molecule has 44 heavy (non-hydrogen) atoms. The highest BCUT2D eigenvalue weighted by Crippen LogP contribution is 2.30. The van der Waals surface area contributed by atoms with Gasteiger partial charge in [0, 0.05) is 42.7 Å². The van der Waals surface area contributed by atoms with Gasteiger partial charge in [0.1, 0.15) is 11.6 Å². The zero-order valence-corrected chi connectivity index (χ0v) is 27.3. The fraction of sp³-hybridized carbons (Fsp3) is 0.382. The van der Waals surface area contributed by atoms with Crippen LogP contribution in [0.25, 0.3) is 11.3 Å². The molecule has 234 valence electrons. The molecule has 0 spiro atoms. The van der Waals surface area contributed by atoms with E-state index < -0.39 is 5.54 Å². The molecule has 0 bridgehead atoms. The minimum Gasteiger partial charge on any atom is -0.339 e. The number of rotatable bonds is 9. The second kappa shape index (κ2) is 15.6. The van der Waals surface area contributed by atoms with Crippen molar-refractivity contribution in [3.05, 3.63) is 94.9 Å². The third-order valence-corrected chi connectivity index (χ3v) is 6.93. The number of halogens is 2. The fourth-order valence-corrected chi connectivity index (χ4v) is 4.71. The fourth-order valence-electron chi connectivity index (χ4n) is 4.51. The molecule has 4 rings (SSSR count). The van der Waals surface area contributed by atoms with Crippen molar-refractivity contribution in [2.75, 3.05) is 18.4 Å². The molecule has 0 aliphatic carbocycles. The first kappa shape index (κ1) is 34.4. The van der Waals surface area contributed by atoms with Crippen LogP contribution in [0.5, 0.6) is 0 Å². The molecule has 8 nitrogen and oxygen atoms in total. The van der Waals surface area contributed by atoms with E-state index in [0.29, 0.717) is 52.1 Å². The normalized spacial score (nSPS) is 11.1. The lowest BCUT2D eigenvalue weighted by Gasteiger charge is -2.23. The van der Waals surface area contributed by atoms with Gasteiger partial charge in [0.15, 0.2) is 0 Å². The lowest BCUT2D eigenvalue weighted by atomic mass is 10.0. The Balaban J connectivity index is 0.000000502. The largest absolute Gasteiger partial charge is 0.339 e. The molecule has 2 aromatic heterocycles. The lowest BCUT2D eigenvalue weighted by Crippen LogP contribution is -2.32. The van der Waals surface area contributed by atoms with Crippen molar-refractivity contribution in [1.29, 1.82) is 0 Å². The predicted molar refractivity (Wildman–Crippen MR) is 175 cm³/mol. The van der Waals surface area contributed by atoms with Crippen LogP contribution in [-0.4, -0.2) is 49.6 Å². The van der Waals surface area contributed by atoms with Crippen LogP contribution in [0, 0.1) is 5.82 Å². The molecule has 0 saturated heterocycles. The Morgan fingerprint density at radius 2 is 1.59 bits per heavy atom. The molecule has 2 aromatic carbocycles. The molecule has 0 fully saturated rings. The summed E-state index contributed by atoms with van der Waals surface area (Å²) in [5.41, 5.74) is 1.97. The van der Waals surface area contributed by atoms with Gasteiger partial charge in [-0.25, -0.2) is 14.4 Å². The Bertz CT molecular complexity index is 1530. The third-order valence-electron chi connectivity index (χ3n) is 6.60. The van der Waals surface area contributed by atoms with Gasteiger partial charge in [-0.05, 0) is 82.1 Å². The molecule has 4 aromatic rings. The summed E-state index contributed by atoms with van der Waals surface area (Å²) in [6.07, 6.45) is 6.71. The van der Waals surface area contributed by atoms with Crippen LogP contribution in [-0.2, 0) is 5.54 Å². The van der Waals surface area contributed by atoms with E-state index in [2.05, 4.69) is 34.2 Å². The number of hydrogen-bond acceptors (Lipinski definition) is 5. The molecule has 0 aliphatic rings. The van der Waals surface area contributed by atoms with E-state index in [1.54, 1.807) is 52.3 Å². The van der Waals surface area contributed by atoms with Crippen LogP contribution in [0.4, 0.5) is 10.1 Å². The van der Waals surface area contributed by atoms with Crippen molar-refractivity contribution in [2.45, 2.75) is 72.8 Å². The van der Waals surface area contributed by atoms with Crippen LogP contribution < -0.4 is 5.32 Å². The number of carbonyl (C=O) groups is 2. The maximum Gasteiger partial charge on any atom is 0.259 e. The van der Waals surface area contributed by atoms with E-state index in [1.165, 1.54) is 18.3 Å². The van der Waals surface area contributed by atoms with Gasteiger partial charge >= 0.3 is 0 Å². The number of benzene rings is 2. The molecule has 2 heterocycles. The number of nitrogens with one attached hydrogen (secondary N) is 1. The van der Waals surface area contributed by atoms with E-state index in [0.717, 1.165) is 18.7 Å². The summed E-state index contributed by atoms with van der Waals surface area (Å²) in [5, 5.41) is 7.66. The van der Waals surface area contributed by atoms with Gasteiger partial charge in [-0.1, -0.05) is 39.3 Å². The molecule has 0 atom stereocenters. The Morgan fingerprint density at radius 3 is 2.11 bits per heavy atom. The summed E-state index contributed by atoms with van der Waals surface area (Å²) >= 11 is 6.36. The Kier molecular flexibility index (Phi) is 12.2. The predicted octanol–water partition coefficient (Wildman–Crippen LogP) is 8.21. The number of hydrogen-bond donors (Lipinski definition) is 1. The summed E-state index contributed by atoms with van der Waals surface area (Å²) < 4.78 is 15.3. The van der Waals surface area contributed by atoms with Crippen molar-refractivity contribution in [1.82, 2.24) is 24.6 Å². The summed E-state index contributed by atoms with van der Waals surface area (Å²) in [4.78, 5) is 36.4. The maximum atomic E-state index is 13.6. The van der Waals surface area contributed by atoms with Crippen molar-refractivity contribution >= 4 is 29.1 Å². The van der Waals surface area contributed by atoms with E-state index in [4.69, 9.17) is 11.6 Å². The highest BCUT2D eigenvalue weighted by atomic mass is 35.5. The van der Waals surface area contributed by atoms with E-state index in [-0.39, 0.29) is 17.6 Å². The second-order valence-corrected chi connectivity index (χ2v) is 12.1. The summed E-state index contributed by atoms with van der Waals surface area (Å²) in [7, 11) is 0. The van der Waals surface area contributed by atoms with E-state index in [9.17, 15) is 14.0 Å². The quantitative estimate of drug-likeness (QED) is 0.203. The molecular formula is C34H42ClFN6O2. The van der Waals surface area contributed by atoms with Crippen molar-refractivity contribution in [3.63, 3.8) is 0 Å². The SMILES string of the molecule is CC(C)c1ncccn1.CCCN(CCC)C(=O)c1cc(NC(=O)c2cnn(C(C)(C)C)c2-c2ccc(F)cc2)ccc1Cl. The van der Waals surface area contributed by atoms with Gasteiger partial charge in [-0.15, -0.1) is 0 Å². The van der Waals surface area contributed by atoms with Crippen molar-refractivity contribution < 1.29 is 14.0 Å². The first-order valence-electron chi connectivity index (χ1n) is 14.9. The average molecular weight is 621 g/mol. The van der Waals surface area contributed by atoms with Gasteiger partial charge in [0.05, 0.1) is 33.6 Å². The summed E-state index contributed by atoms with van der Waals surface area (Å²) in [6, 6.07) is 12.7. The maximum absolute atomic E-state index is 13.6. The Morgan fingerprint density at radius 1 is 0.977 bits per heavy atom. The lowest BCUT2D eigenvalue weighted by molar-refractivity contribution is 0.0755. The molecule has 0 saturated carbocycles. The number of nitrogens with zero attached hydrogens (tertiary/aromatic N) is 5.